The van der Waals surface area contributed by atoms with E-state index in [1.165, 1.54) is 12.3 Å². The Morgan fingerprint density at radius 1 is 0.968 bits per heavy atom. The number of aromatic hydroxyl groups is 1. The summed E-state index contributed by atoms with van der Waals surface area (Å²) in [5.74, 6) is 1.42. The fourth-order valence-electron chi connectivity index (χ4n) is 2.69. The fourth-order valence-corrected chi connectivity index (χ4v) is 2.69. The van der Waals surface area contributed by atoms with E-state index in [0.29, 0.717) is 60.6 Å². The van der Waals surface area contributed by atoms with Gasteiger partial charge in [0.2, 0.25) is 5.75 Å². The third-order valence-corrected chi connectivity index (χ3v) is 4.02. The lowest BCUT2D eigenvalue weighted by molar-refractivity contribution is 0.0954. The summed E-state index contributed by atoms with van der Waals surface area (Å²) in [6.45, 7) is 9.37. The first-order valence-corrected chi connectivity index (χ1v) is 10.4. The molecular weight excluding hydrogens is 400 g/mol. The van der Waals surface area contributed by atoms with Gasteiger partial charge in [-0.2, -0.15) is 5.10 Å². The molecule has 0 saturated carbocycles. The zero-order valence-electron chi connectivity index (χ0n) is 18.4. The zero-order valence-corrected chi connectivity index (χ0v) is 18.4. The Balaban J connectivity index is 2.17. The Bertz CT molecular complexity index is 871. The second-order valence-electron chi connectivity index (χ2n) is 6.37. The van der Waals surface area contributed by atoms with Gasteiger partial charge < -0.3 is 24.1 Å². The molecule has 0 saturated heterocycles. The Morgan fingerprint density at radius 3 is 2.16 bits per heavy atom. The van der Waals surface area contributed by atoms with Gasteiger partial charge >= 0.3 is 0 Å². The Kier molecular flexibility index (Phi) is 9.48. The number of ether oxygens (including phenoxy) is 4. The van der Waals surface area contributed by atoms with Crippen LogP contribution in [0.2, 0.25) is 0 Å². The summed E-state index contributed by atoms with van der Waals surface area (Å²) in [4.78, 5) is 12.6. The highest BCUT2D eigenvalue weighted by atomic mass is 16.5. The number of amides is 1. The Hall–Kier alpha value is -3.42. The first-order valence-electron chi connectivity index (χ1n) is 10.4. The minimum absolute atomic E-state index is 0.00457. The molecule has 0 aliphatic rings. The molecular formula is C23H30N2O6. The average molecular weight is 431 g/mol. The van der Waals surface area contributed by atoms with Gasteiger partial charge in [-0.3, -0.25) is 4.79 Å². The van der Waals surface area contributed by atoms with Crippen molar-refractivity contribution in [2.45, 2.75) is 34.1 Å². The molecule has 2 rings (SSSR count). The summed E-state index contributed by atoms with van der Waals surface area (Å²) in [7, 11) is 0. The summed E-state index contributed by atoms with van der Waals surface area (Å²) in [5.41, 5.74) is 3.20. The van der Waals surface area contributed by atoms with Gasteiger partial charge in [-0.25, -0.2) is 5.43 Å². The Labute approximate surface area is 182 Å². The van der Waals surface area contributed by atoms with Crippen LogP contribution in [0.5, 0.6) is 28.7 Å². The third-order valence-electron chi connectivity index (χ3n) is 4.02. The molecule has 0 aliphatic heterocycles. The van der Waals surface area contributed by atoms with E-state index in [0.717, 1.165) is 6.42 Å². The molecule has 0 fully saturated rings. The minimum Gasteiger partial charge on any atom is -0.507 e. The van der Waals surface area contributed by atoms with Crippen LogP contribution in [0.25, 0.3) is 0 Å². The van der Waals surface area contributed by atoms with Crippen LogP contribution in [0.1, 0.15) is 50.0 Å². The highest BCUT2D eigenvalue weighted by Gasteiger charge is 2.18. The van der Waals surface area contributed by atoms with Crippen LogP contribution >= 0.6 is 0 Å². The van der Waals surface area contributed by atoms with E-state index in [1.807, 2.05) is 27.7 Å². The van der Waals surface area contributed by atoms with Crippen molar-refractivity contribution in [3.05, 3.63) is 41.5 Å². The van der Waals surface area contributed by atoms with E-state index in [2.05, 4.69) is 10.5 Å². The Morgan fingerprint density at radius 2 is 1.61 bits per heavy atom. The second kappa shape index (κ2) is 12.3. The normalized spacial score (nSPS) is 10.7. The van der Waals surface area contributed by atoms with Crippen molar-refractivity contribution in [1.82, 2.24) is 5.43 Å². The lowest BCUT2D eigenvalue weighted by atomic mass is 10.1. The van der Waals surface area contributed by atoms with Crippen LogP contribution < -0.4 is 24.4 Å². The van der Waals surface area contributed by atoms with Crippen LogP contribution in [0.4, 0.5) is 0 Å². The number of hydrogen-bond acceptors (Lipinski definition) is 7. The van der Waals surface area contributed by atoms with Gasteiger partial charge in [-0.1, -0.05) is 6.92 Å². The lowest BCUT2D eigenvalue weighted by Crippen LogP contribution is -2.18. The van der Waals surface area contributed by atoms with Gasteiger partial charge in [0, 0.05) is 17.2 Å². The quantitative estimate of drug-likeness (QED) is 0.388. The van der Waals surface area contributed by atoms with Crippen LogP contribution in [-0.4, -0.2) is 43.7 Å². The predicted octanol–water partition coefficient (Wildman–Crippen LogP) is 4.14. The largest absolute Gasteiger partial charge is 0.507 e. The first kappa shape index (κ1) is 23.9. The monoisotopic (exact) mass is 430 g/mol. The molecule has 0 aromatic heterocycles. The zero-order chi connectivity index (χ0) is 22.6. The maximum absolute atomic E-state index is 12.6. The SMILES string of the molecule is CCCOc1ccc(/C=N/NC(=O)c2cc(OCC)c(OCC)c(OCC)c2)c(O)c1. The number of hydrazone groups is 1. The molecule has 2 aromatic rings. The molecule has 0 spiro atoms. The summed E-state index contributed by atoms with van der Waals surface area (Å²) in [6.07, 6.45) is 2.23. The van der Waals surface area contributed by atoms with Crippen LogP contribution in [-0.2, 0) is 0 Å². The number of phenolic OH excluding ortho intramolecular Hbond substituents is 1. The number of nitrogens with zero attached hydrogens (tertiary/aromatic N) is 1. The predicted molar refractivity (Wildman–Crippen MR) is 119 cm³/mol. The maximum Gasteiger partial charge on any atom is 0.271 e. The van der Waals surface area contributed by atoms with Crippen molar-refractivity contribution in [3.8, 4) is 28.7 Å². The van der Waals surface area contributed by atoms with Crippen molar-refractivity contribution in [2.75, 3.05) is 26.4 Å². The minimum atomic E-state index is -0.455. The van der Waals surface area contributed by atoms with Crippen LogP contribution in [0.3, 0.4) is 0 Å². The van der Waals surface area contributed by atoms with Gasteiger partial charge in [-0.05, 0) is 51.5 Å². The summed E-state index contributed by atoms with van der Waals surface area (Å²) < 4.78 is 22.4. The van der Waals surface area contributed by atoms with E-state index in [4.69, 9.17) is 18.9 Å². The highest BCUT2D eigenvalue weighted by Crippen LogP contribution is 2.39. The number of nitrogens with one attached hydrogen (secondary N) is 1. The van der Waals surface area contributed by atoms with Crippen LogP contribution in [0, 0.1) is 0 Å². The van der Waals surface area contributed by atoms with Crippen molar-refractivity contribution in [2.24, 2.45) is 5.10 Å². The first-order chi connectivity index (χ1) is 15.0. The van der Waals surface area contributed by atoms with Crippen LogP contribution in [0.15, 0.2) is 35.4 Å². The van der Waals surface area contributed by atoms with Crippen molar-refractivity contribution in [1.29, 1.82) is 0 Å². The number of carbonyl (C=O) groups excluding carboxylic acids is 1. The molecule has 2 N–H and O–H groups in total. The molecule has 0 aliphatic carbocycles. The number of rotatable bonds is 12. The molecule has 0 unspecified atom stereocenters. The van der Waals surface area contributed by atoms with Gasteiger partial charge in [0.15, 0.2) is 11.5 Å². The topological polar surface area (TPSA) is 98.6 Å². The van der Waals surface area contributed by atoms with Gasteiger partial charge in [0.25, 0.3) is 5.91 Å². The molecule has 8 heteroatoms. The standard InChI is InChI=1S/C23H30N2O6/c1-5-11-31-18-10-9-16(19(26)14-18)15-24-25-23(27)17-12-20(28-6-2)22(30-8-4)21(13-17)29-7-3/h9-10,12-15,26H,5-8,11H2,1-4H3,(H,25,27)/b24-15+. The average Bonchev–Trinajstić information content (AvgIpc) is 2.75. The molecule has 0 atom stereocenters. The molecule has 168 valence electrons. The highest BCUT2D eigenvalue weighted by molar-refractivity contribution is 5.96. The molecule has 1 amide bonds. The second-order valence-corrected chi connectivity index (χ2v) is 6.37. The third kappa shape index (κ3) is 6.80. The molecule has 0 heterocycles. The van der Waals surface area contributed by atoms with Gasteiger partial charge in [-0.15, -0.1) is 0 Å². The van der Waals surface area contributed by atoms with Gasteiger partial charge in [0.05, 0.1) is 32.6 Å². The summed E-state index contributed by atoms with van der Waals surface area (Å²) >= 11 is 0. The summed E-state index contributed by atoms with van der Waals surface area (Å²) in [5, 5.41) is 14.1. The number of benzene rings is 2. The molecule has 0 radical (unpaired) electrons. The summed E-state index contributed by atoms with van der Waals surface area (Å²) in [6, 6.07) is 8.06. The van der Waals surface area contributed by atoms with E-state index in [1.54, 1.807) is 24.3 Å². The van der Waals surface area contributed by atoms with E-state index in [-0.39, 0.29) is 5.75 Å². The molecule has 2 aromatic carbocycles. The van der Waals surface area contributed by atoms with Crippen molar-refractivity contribution < 1.29 is 28.8 Å². The number of phenols is 1. The van der Waals surface area contributed by atoms with E-state index >= 15 is 0 Å². The number of hydrogen-bond donors (Lipinski definition) is 2. The molecule has 0 bridgehead atoms. The fraction of sp³-hybridized carbons (Fsp3) is 0.391. The van der Waals surface area contributed by atoms with Crippen molar-refractivity contribution in [3.63, 3.8) is 0 Å². The molecule has 8 nitrogen and oxygen atoms in total. The molecule has 31 heavy (non-hydrogen) atoms. The lowest BCUT2D eigenvalue weighted by Gasteiger charge is -2.16. The van der Waals surface area contributed by atoms with E-state index in [9.17, 15) is 9.90 Å². The smallest absolute Gasteiger partial charge is 0.271 e. The van der Waals surface area contributed by atoms with Gasteiger partial charge in [0.1, 0.15) is 11.5 Å². The number of carbonyl (C=O) groups is 1. The van der Waals surface area contributed by atoms with E-state index < -0.39 is 5.91 Å². The maximum atomic E-state index is 12.6. The van der Waals surface area contributed by atoms with Crippen molar-refractivity contribution >= 4 is 12.1 Å².